The first-order chi connectivity index (χ1) is 8.90. The van der Waals surface area contributed by atoms with E-state index >= 15 is 0 Å². The molecule has 1 heteroatoms. The standard InChI is InChI=1S/C17H25N/c1-2-3-4-7-14-11-13-18-12-6-9-15-8-5-10-16(14)17(15)18/h5,8,10,14H,2-4,6-7,9,11-13H2,1H3. The molecule has 2 aliphatic heterocycles. The predicted octanol–water partition coefficient (Wildman–Crippen LogP) is 4.51. The molecule has 0 amide bonds. The number of anilines is 1. The Morgan fingerprint density at radius 3 is 3.06 bits per heavy atom. The van der Waals surface area contributed by atoms with Crippen LogP contribution in [0.15, 0.2) is 18.2 Å². The fraction of sp³-hybridized carbons (Fsp3) is 0.647. The molecule has 1 aromatic carbocycles. The van der Waals surface area contributed by atoms with Gasteiger partial charge in [0.1, 0.15) is 0 Å². The van der Waals surface area contributed by atoms with Gasteiger partial charge in [0, 0.05) is 18.8 Å². The van der Waals surface area contributed by atoms with Crippen molar-refractivity contribution in [3.8, 4) is 0 Å². The van der Waals surface area contributed by atoms with E-state index in [9.17, 15) is 0 Å². The van der Waals surface area contributed by atoms with Crippen LogP contribution in [0.2, 0.25) is 0 Å². The molecule has 0 N–H and O–H groups in total. The molecule has 1 aromatic rings. The van der Waals surface area contributed by atoms with Crippen molar-refractivity contribution in [2.75, 3.05) is 18.0 Å². The smallest absolute Gasteiger partial charge is 0.0434 e. The third-order valence-electron chi connectivity index (χ3n) is 4.68. The second kappa shape index (κ2) is 5.34. The molecule has 0 spiro atoms. The Kier molecular flexibility index (Phi) is 3.58. The molecule has 0 bridgehead atoms. The van der Waals surface area contributed by atoms with E-state index in [0.29, 0.717) is 0 Å². The Morgan fingerprint density at radius 2 is 2.17 bits per heavy atom. The largest absolute Gasteiger partial charge is 0.371 e. The fourth-order valence-corrected chi connectivity index (χ4v) is 3.73. The maximum Gasteiger partial charge on any atom is 0.0434 e. The lowest BCUT2D eigenvalue weighted by atomic mass is 9.82. The first kappa shape index (κ1) is 12.1. The van der Waals surface area contributed by atoms with Crippen LogP contribution in [0.5, 0.6) is 0 Å². The van der Waals surface area contributed by atoms with Gasteiger partial charge in [-0.25, -0.2) is 0 Å². The lowest BCUT2D eigenvalue weighted by Gasteiger charge is -2.40. The molecule has 18 heavy (non-hydrogen) atoms. The molecule has 0 aliphatic carbocycles. The van der Waals surface area contributed by atoms with Gasteiger partial charge < -0.3 is 4.90 Å². The van der Waals surface area contributed by atoms with Crippen molar-refractivity contribution in [1.82, 2.24) is 0 Å². The van der Waals surface area contributed by atoms with Crippen molar-refractivity contribution in [3.63, 3.8) is 0 Å². The van der Waals surface area contributed by atoms with E-state index in [1.165, 1.54) is 58.0 Å². The van der Waals surface area contributed by atoms with Crippen molar-refractivity contribution < 1.29 is 0 Å². The summed E-state index contributed by atoms with van der Waals surface area (Å²) in [6.45, 7) is 4.87. The van der Waals surface area contributed by atoms with E-state index < -0.39 is 0 Å². The van der Waals surface area contributed by atoms with Gasteiger partial charge in [-0.1, -0.05) is 44.4 Å². The minimum absolute atomic E-state index is 0.834. The third-order valence-corrected chi connectivity index (χ3v) is 4.68. The van der Waals surface area contributed by atoms with Crippen molar-refractivity contribution in [1.29, 1.82) is 0 Å². The quantitative estimate of drug-likeness (QED) is 0.703. The van der Waals surface area contributed by atoms with Crippen LogP contribution >= 0.6 is 0 Å². The second-order valence-electron chi connectivity index (χ2n) is 5.93. The van der Waals surface area contributed by atoms with E-state index in [4.69, 9.17) is 0 Å². The molecule has 2 heterocycles. The minimum Gasteiger partial charge on any atom is -0.371 e. The lowest BCUT2D eigenvalue weighted by Crippen LogP contribution is -2.35. The third kappa shape index (κ3) is 2.15. The van der Waals surface area contributed by atoms with Crippen molar-refractivity contribution in [2.24, 2.45) is 0 Å². The highest BCUT2D eigenvalue weighted by Crippen LogP contribution is 2.42. The van der Waals surface area contributed by atoms with Gasteiger partial charge in [-0.3, -0.25) is 0 Å². The highest BCUT2D eigenvalue weighted by Gasteiger charge is 2.28. The van der Waals surface area contributed by atoms with E-state index in [2.05, 4.69) is 30.0 Å². The van der Waals surface area contributed by atoms with Crippen LogP contribution in [0.3, 0.4) is 0 Å². The summed E-state index contributed by atoms with van der Waals surface area (Å²) in [6, 6.07) is 7.03. The van der Waals surface area contributed by atoms with Crippen LogP contribution < -0.4 is 4.90 Å². The van der Waals surface area contributed by atoms with Gasteiger partial charge in [-0.05, 0) is 42.7 Å². The zero-order valence-corrected chi connectivity index (χ0v) is 11.6. The van der Waals surface area contributed by atoms with Gasteiger partial charge >= 0.3 is 0 Å². The van der Waals surface area contributed by atoms with Gasteiger partial charge in [-0.2, -0.15) is 0 Å². The molecule has 1 atom stereocenters. The fourth-order valence-electron chi connectivity index (χ4n) is 3.73. The SMILES string of the molecule is CCCCCC1CCN2CCCc3cccc1c32. The molecule has 1 nitrogen and oxygen atoms in total. The van der Waals surface area contributed by atoms with Crippen LogP contribution in [0.25, 0.3) is 0 Å². The summed E-state index contributed by atoms with van der Waals surface area (Å²) in [6.07, 6.45) is 9.56. The predicted molar refractivity (Wildman–Crippen MR) is 78.5 cm³/mol. The number of nitrogens with zero attached hydrogens (tertiary/aromatic N) is 1. The van der Waals surface area contributed by atoms with E-state index in [1.54, 1.807) is 16.8 Å². The van der Waals surface area contributed by atoms with E-state index in [1.807, 2.05) is 0 Å². The summed E-state index contributed by atoms with van der Waals surface area (Å²) >= 11 is 0. The molecule has 0 aromatic heterocycles. The first-order valence-corrected chi connectivity index (χ1v) is 7.77. The molecule has 98 valence electrons. The topological polar surface area (TPSA) is 3.24 Å². The second-order valence-corrected chi connectivity index (χ2v) is 5.93. The molecule has 0 radical (unpaired) electrons. The summed E-state index contributed by atoms with van der Waals surface area (Å²) in [5.74, 6) is 0.834. The number of aryl methyl sites for hydroxylation is 1. The molecule has 0 saturated carbocycles. The molecule has 3 rings (SSSR count). The highest BCUT2D eigenvalue weighted by atomic mass is 15.1. The number of unbranched alkanes of at least 4 members (excludes halogenated alkanes) is 2. The summed E-state index contributed by atoms with van der Waals surface area (Å²) in [7, 11) is 0. The van der Waals surface area contributed by atoms with Crippen molar-refractivity contribution in [2.45, 2.75) is 57.8 Å². The molecule has 2 aliphatic rings. The van der Waals surface area contributed by atoms with Crippen LogP contribution in [0.4, 0.5) is 5.69 Å². The number of hydrogen-bond donors (Lipinski definition) is 0. The Labute approximate surface area is 111 Å². The number of rotatable bonds is 4. The van der Waals surface area contributed by atoms with Crippen molar-refractivity contribution >= 4 is 5.69 Å². The van der Waals surface area contributed by atoms with Crippen LogP contribution in [0.1, 0.15) is 62.5 Å². The average Bonchev–Trinajstić information content (AvgIpc) is 2.42. The zero-order valence-electron chi connectivity index (χ0n) is 11.6. The minimum atomic E-state index is 0.834. The summed E-state index contributed by atoms with van der Waals surface area (Å²) in [5.41, 5.74) is 4.89. The zero-order chi connectivity index (χ0) is 12.4. The maximum atomic E-state index is 2.64. The van der Waals surface area contributed by atoms with Crippen molar-refractivity contribution in [3.05, 3.63) is 29.3 Å². The summed E-state index contributed by atoms with van der Waals surface area (Å²) < 4.78 is 0. The molecular formula is C17H25N. The van der Waals surface area contributed by atoms with Gasteiger partial charge in [0.25, 0.3) is 0 Å². The molecule has 1 unspecified atom stereocenters. The molecular weight excluding hydrogens is 218 g/mol. The Bertz CT molecular complexity index is 410. The monoisotopic (exact) mass is 243 g/mol. The Balaban J connectivity index is 1.84. The van der Waals surface area contributed by atoms with Crippen LogP contribution in [-0.2, 0) is 6.42 Å². The van der Waals surface area contributed by atoms with Gasteiger partial charge in [0.15, 0.2) is 0 Å². The normalized spacial score (nSPS) is 21.8. The lowest BCUT2D eigenvalue weighted by molar-refractivity contribution is 0.500. The number of benzene rings is 1. The Hall–Kier alpha value is -0.980. The molecule has 0 saturated heterocycles. The van der Waals surface area contributed by atoms with E-state index in [-0.39, 0.29) is 0 Å². The molecule has 0 fully saturated rings. The van der Waals surface area contributed by atoms with Gasteiger partial charge in [0.05, 0.1) is 0 Å². The van der Waals surface area contributed by atoms with E-state index in [0.717, 1.165) is 5.92 Å². The number of hydrogen-bond acceptors (Lipinski definition) is 1. The highest BCUT2D eigenvalue weighted by molar-refractivity contribution is 5.64. The average molecular weight is 243 g/mol. The summed E-state index contributed by atoms with van der Waals surface area (Å²) in [5, 5.41) is 0. The van der Waals surface area contributed by atoms with Crippen LogP contribution in [-0.4, -0.2) is 13.1 Å². The Morgan fingerprint density at radius 1 is 1.22 bits per heavy atom. The van der Waals surface area contributed by atoms with Crippen LogP contribution in [0, 0.1) is 0 Å². The first-order valence-electron chi connectivity index (χ1n) is 7.77. The van der Waals surface area contributed by atoms with Gasteiger partial charge in [-0.15, -0.1) is 0 Å². The number of para-hydroxylation sites is 1. The van der Waals surface area contributed by atoms with Gasteiger partial charge in [0.2, 0.25) is 0 Å². The summed E-state index contributed by atoms with van der Waals surface area (Å²) in [4.78, 5) is 2.64. The maximum absolute atomic E-state index is 2.64.